The van der Waals surface area contributed by atoms with Crippen molar-refractivity contribution < 1.29 is 22.8 Å². The van der Waals surface area contributed by atoms with Crippen LogP contribution in [0.1, 0.15) is 5.56 Å². The van der Waals surface area contributed by atoms with Crippen LogP contribution in [0.4, 0.5) is 18.9 Å². The summed E-state index contributed by atoms with van der Waals surface area (Å²) in [5, 5.41) is 3.00. The van der Waals surface area contributed by atoms with E-state index < -0.39 is 29.8 Å². The number of halogens is 4. The van der Waals surface area contributed by atoms with Gasteiger partial charge in [0.15, 0.2) is 0 Å². The Bertz CT molecular complexity index is 1000. The number of rotatable bonds is 5. The van der Waals surface area contributed by atoms with Crippen LogP contribution in [0.5, 0.6) is 0 Å². The highest BCUT2D eigenvalue weighted by atomic mass is 35.5. The van der Waals surface area contributed by atoms with Gasteiger partial charge in [0.1, 0.15) is 12.1 Å². The van der Waals surface area contributed by atoms with Crippen molar-refractivity contribution in [3.05, 3.63) is 63.5 Å². The number of nitrogens with one attached hydrogen (secondary N) is 1. The van der Waals surface area contributed by atoms with Crippen molar-refractivity contribution in [1.82, 2.24) is 14.8 Å². The molecule has 3 rings (SSSR count). The van der Waals surface area contributed by atoms with Crippen molar-refractivity contribution in [3.63, 3.8) is 0 Å². The number of benzene rings is 1. The summed E-state index contributed by atoms with van der Waals surface area (Å²) < 4.78 is 39.1. The quantitative estimate of drug-likeness (QED) is 0.746. The number of piperazine rings is 1. The van der Waals surface area contributed by atoms with Gasteiger partial charge < -0.3 is 19.7 Å². The van der Waals surface area contributed by atoms with Gasteiger partial charge in [-0.15, -0.1) is 0 Å². The number of carbonyl (C=O) groups excluding carboxylic acids is 2. The molecule has 0 radical (unpaired) electrons. The Morgan fingerprint density at radius 2 is 1.68 bits per heavy atom. The Balaban J connectivity index is 1.49. The van der Waals surface area contributed by atoms with Gasteiger partial charge in [-0.3, -0.25) is 14.4 Å². The van der Waals surface area contributed by atoms with Gasteiger partial charge in [0.05, 0.1) is 6.54 Å². The number of aromatic nitrogens is 1. The number of hydrogen-bond acceptors (Lipinski definition) is 4. The predicted octanol–water partition coefficient (Wildman–Crippen LogP) is 1.99. The van der Waals surface area contributed by atoms with E-state index in [1.165, 1.54) is 0 Å². The van der Waals surface area contributed by atoms with Crippen LogP contribution in [0.3, 0.4) is 0 Å². The fourth-order valence-corrected chi connectivity index (χ4v) is 3.37. The van der Waals surface area contributed by atoms with Crippen molar-refractivity contribution in [2.24, 2.45) is 0 Å². The van der Waals surface area contributed by atoms with E-state index in [-0.39, 0.29) is 12.5 Å². The maximum absolute atomic E-state index is 12.8. The molecule has 31 heavy (non-hydrogen) atoms. The first-order valence-corrected chi connectivity index (χ1v) is 9.84. The van der Waals surface area contributed by atoms with Crippen molar-refractivity contribution in [3.8, 4) is 0 Å². The number of carbonyl (C=O) groups is 2. The van der Waals surface area contributed by atoms with E-state index in [0.29, 0.717) is 41.8 Å². The summed E-state index contributed by atoms with van der Waals surface area (Å²) >= 11 is 5.89. The third-order valence-electron chi connectivity index (χ3n) is 4.90. The number of pyridine rings is 1. The summed E-state index contributed by atoms with van der Waals surface area (Å²) in [4.78, 5) is 40.0. The molecule has 1 aliphatic rings. The summed E-state index contributed by atoms with van der Waals surface area (Å²) in [5.41, 5.74) is -1.66. The Morgan fingerprint density at radius 3 is 2.29 bits per heavy atom. The molecular weight excluding hydrogens is 437 g/mol. The number of anilines is 1. The van der Waals surface area contributed by atoms with Gasteiger partial charge in [0.2, 0.25) is 11.8 Å². The second kappa shape index (κ2) is 9.42. The Hall–Kier alpha value is -3.01. The highest BCUT2D eigenvalue weighted by Crippen LogP contribution is 2.26. The Kier molecular flexibility index (Phi) is 6.89. The van der Waals surface area contributed by atoms with Crippen LogP contribution in [0.25, 0.3) is 0 Å². The van der Waals surface area contributed by atoms with Gasteiger partial charge in [-0.1, -0.05) is 11.6 Å². The largest absolute Gasteiger partial charge is 0.421 e. The molecule has 166 valence electrons. The molecule has 1 aromatic carbocycles. The van der Waals surface area contributed by atoms with E-state index in [4.69, 9.17) is 11.6 Å². The molecule has 1 saturated heterocycles. The van der Waals surface area contributed by atoms with E-state index in [1.807, 2.05) is 12.1 Å². The van der Waals surface area contributed by atoms with Crippen molar-refractivity contribution in [1.29, 1.82) is 0 Å². The molecule has 0 unspecified atom stereocenters. The van der Waals surface area contributed by atoms with Crippen LogP contribution in [0.15, 0.2) is 47.4 Å². The van der Waals surface area contributed by atoms with E-state index in [1.54, 1.807) is 17.0 Å². The highest BCUT2D eigenvalue weighted by Gasteiger charge is 2.34. The number of alkyl halides is 3. The van der Waals surface area contributed by atoms with Gasteiger partial charge >= 0.3 is 6.18 Å². The second-order valence-electron chi connectivity index (χ2n) is 6.97. The van der Waals surface area contributed by atoms with Crippen LogP contribution in [-0.4, -0.2) is 54.0 Å². The average molecular weight is 457 g/mol. The molecular formula is C20H20ClF3N4O3. The molecule has 11 heteroatoms. The lowest BCUT2D eigenvalue weighted by Gasteiger charge is -2.36. The zero-order chi connectivity index (χ0) is 22.6. The number of hydrogen-bond donors (Lipinski definition) is 1. The molecule has 2 aromatic rings. The molecule has 0 spiro atoms. The monoisotopic (exact) mass is 456 g/mol. The molecule has 1 aromatic heterocycles. The van der Waals surface area contributed by atoms with Gasteiger partial charge in [0.25, 0.3) is 5.56 Å². The first-order chi connectivity index (χ1) is 14.6. The number of nitrogens with zero attached hydrogens (tertiary/aromatic N) is 3. The molecule has 0 bridgehead atoms. The van der Waals surface area contributed by atoms with Gasteiger partial charge in [0, 0.05) is 43.1 Å². The zero-order valence-corrected chi connectivity index (χ0v) is 17.1. The van der Waals surface area contributed by atoms with Crippen LogP contribution in [0.2, 0.25) is 5.02 Å². The van der Waals surface area contributed by atoms with Crippen molar-refractivity contribution >= 4 is 29.1 Å². The van der Waals surface area contributed by atoms with Crippen LogP contribution >= 0.6 is 11.6 Å². The lowest BCUT2D eigenvalue weighted by molar-refractivity contribution is -0.139. The third kappa shape index (κ3) is 5.78. The number of amides is 2. The third-order valence-corrected chi connectivity index (χ3v) is 5.15. The Morgan fingerprint density at radius 1 is 1.03 bits per heavy atom. The molecule has 2 heterocycles. The van der Waals surface area contributed by atoms with Crippen LogP contribution in [-0.2, 0) is 22.3 Å². The van der Waals surface area contributed by atoms with Gasteiger partial charge in [-0.05, 0) is 36.4 Å². The van der Waals surface area contributed by atoms with Crippen molar-refractivity contribution in [2.75, 3.05) is 37.6 Å². The van der Waals surface area contributed by atoms with Crippen LogP contribution in [0, 0.1) is 0 Å². The zero-order valence-electron chi connectivity index (χ0n) is 16.4. The van der Waals surface area contributed by atoms with E-state index in [9.17, 15) is 27.6 Å². The average Bonchev–Trinajstić information content (AvgIpc) is 2.73. The fourth-order valence-electron chi connectivity index (χ4n) is 3.24. The predicted molar refractivity (Wildman–Crippen MR) is 109 cm³/mol. The second-order valence-corrected chi connectivity index (χ2v) is 7.41. The lowest BCUT2D eigenvalue weighted by Crippen LogP contribution is -2.51. The van der Waals surface area contributed by atoms with Gasteiger partial charge in [-0.2, -0.15) is 13.2 Å². The maximum atomic E-state index is 12.8. The fraction of sp³-hybridized carbons (Fsp3) is 0.350. The molecule has 1 fully saturated rings. The molecule has 1 N–H and O–H groups in total. The van der Waals surface area contributed by atoms with E-state index in [2.05, 4.69) is 10.2 Å². The summed E-state index contributed by atoms with van der Waals surface area (Å²) in [5.74, 6) is -1.03. The summed E-state index contributed by atoms with van der Waals surface area (Å²) in [7, 11) is 0. The minimum Gasteiger partial charge on any atom is -0.368 e. The molecule has 0 atom stereocenters. The normalized spacial score (nSPS) is 14.5. The molecule has 2 amide bonds. The highest BCUT2D eigenvalue weighted by molar-refractivity contribution is 6.30. The molecule has 0 aliphatic carbocycles. The summed E-state index contributed by atoms with van der Waals surface area (Å²) in [6.45, 7) is 1.24. The topological polar surface area (TPSA) is 74.6 Å². The van der Waals surface area contributed by atoms with E-state index >= 15 is 0 Å². The summed E-state index contributed by atoms with van der Waals surface area (Å²) in [6.07, 6.45) is -3.71. The van der Waals surface area contributed by atoms with Gasteiger partial charge in [-0.25, -0.2) is 0 Å². The first kappa shape index (κ1) is 22.7. The molecule has 0 saturated carbocycles. The Labute approximate surface area is 181 Å². The van der Waals surface area contributed by atoms with Crippen LogP contribution < -0.4 is 15.8 Å². The van der Waals surface area contributed by atoms with E-state index in [0.717, 1.165) is 18.0 Å². The minimum absolute atomic E-state index is 0.298. The maximum Gasteiger partial charge on any atom is 0.421 e. The first-order valence-electron chi connectivity index (χ1n) is 9.47. The van der Waals surface area contributed by atoms with Crippen molar-refractivity contribution in [2.45, 2.75) is 12.7 Å². The molecule has 7 nitrogen and oxygen atoms in total. The molecule has 1 aliphatic heterocycles. The summed E-state index contributed by atoms with van der Waals surface area (Å²) in [6, 6.07) is 9.08. The minimum atomic E-state index is -4.80. The smallest absolute Gasteiger partial charge is 0.368 e. The lowest BCUT2D eigenvalue weighted by atomic mass is 10.2. The SMILES string of the molecule is O=C(Cn1cccc(C(F)(F)F)c1=O)NCC(=O)N1CCN(c2ccc(Cl)cc2)CC1. The standard InChI is InChI=1S/C20H20ClF3N4O3/c21-14-3-5-15(6-4-14)26-8-10-27(11-9-26)18(30)12-25-17(29)13-28-7-1-2-16(19(28)31)20(22,23)24/h1-7H,8-13H2,(H,25,29).